The molecule has 4 rings (SSSR count). The maximum absolute atomic E-state index is 11.9. The van der Waals surface area contributed by atoms with E-state index in [2.05, 4.69) is 17.3 Å². The molecule has 3 heterocycles. The summed E-state index contributed by atoms with van der Waals surface area (Å²) in [6.45, 7) is 8.14. The van der Waals surface area contributed by atoms with Gasteiger partial charge < -0.3 is 9.64 Å². The maximum Gasteiger partial charge on any atom is 0.238 e. The van der Waals surface area contributed by atoms with Crippen molar-refractivity contribution in [2.24, 2.45) is 5.14 Å². The quantitative estimate of drug-likeness (QED) is 0.510. The molecule has 1 aromatic carbocycles. The van der Waals surface area contributed by atoms with Crippen molar-refractivity contribution >= 4 is 32.7 Å². The van der Waals surface area contributed by atoms with Crippen LogP contribution < -0.4 is 9.88 Å². The number of sulfonamides is 1. The molecule has 2 aromatic heterocycles. The van der Waals surface area contributed by atoms with Gasteiger partial charge in [0, 0.05) is 23.3 Å². The first kappa shape index (κ1) is 24.3. The lowest BCUT2D eigenvalue weighted by atomic mass is 9.98. The molecule has 178 valence electrons. The fourth-order valence-electron chi connectivity index (χ4n) is 3.98. The van der Waals surface area contributed by atoms with Crippen LogP contribution in [0.5, 0.6) is 5.75 Å². The van der Waals surface area contributed by atoms with Crippen LogP contribution in [0.3, 0.4) is 0 Å². The molecule has 10 heteroatoms. The van der Waals surface area contributed by atoms with Crippen molar-refractivity contribution in [2.75, 3.05) is 20.1 Å². The van der Waals surface area contributed by atoms with Gasteiger partial charge in [0.15, 0.2) is 0 Å². The van der Waals surface area contributed by atoms with Crippen molar-refractivity contribution in [1.29, 1.82) is 0 Å². The number of likely N-dealkylation sites (tertiary alicyclic amines) is 1. The molecular weight excluding hydrogens is 476 g/mol. The Morgan fingerprint density at radius 2 is 1.97 bits per heavy atom. The first-order chi connectivity index (χ1) is 15.6. The predicted octanol–water partition coefficient (Wildman–Crippen LogP) is 4.41. The second kappa shape index (κ2) is 9.79. The molecule has 0 aliphatic carbocycles. The number of hydrogen-bond donors (Lipinski definition) is 1. The molecule has 33 heavy (non-hydrogen) atoms. The highest BCUT2D eigenvalue weighted by molar-refractivity contribution is 7.89. The zero-order chi connectivity index (χ0) is 23.8. The number of primary sulfonamides is 1. The van der Waals surface area contributed by atoms with E-state index in [0.29, 0.717) is 18.1 Å². The minimum Gasteiger partial charge on any atom is -0.491 e. The number of benzene rings is 1. The minimum absolute atomic E-state index is 0.0335. The predicted molar refractivity (Wildman–Crippen MR) is 134 cm³/mol. The highest BCUT2D eigenvalue weighted by atomic mass is 32.2. The summed E-state index contributed by atoms with van der Waals surface area (Å²) in [7, 11) is -1.63. The van der Waals surface area contributed by atoms with Gasteiger partial charge in [0.05, 0.1) is 37.3 Å². The van der Waals surface area contributed by atoms with Gasteiger partial charge in [-0.3, -0.25) is 0 Å². The number of thiazole rings is 2. The van der Waals surface area contributed by atoms with E-state index in [1.165, 1.54) is 11.1 Å². The van der Waals surface area contributed by atoms with Crippen molar-refractivity contribution in [2.45, 2.75) is 57.0 Å². The topological polar surface area (TPSA) is 98.4 Å². The third kappa shape index (κ3) is 5.81. The SMILES string of the molecule is Cc1nc(C2CCN(C)CC2)sc1-c1csc(Cc2cc(S(N)(=O)=O)ccc2OC(C)C)n1. The highest BCUT2D eigenvalue weighted by Gasteiger charge is 2.23. The summed E-state index contributed by atoms with van der Waals surface area (Å²) in [5.74, 6) is 1.17. The van der Waals surface area contributed by atoms with Crippen molar-refractivity contribution < 1.29 is 13.2 Å². The van der Waals surface area contributed by atoms with Gasteiger partial charge in [-0.25, -0.2) is 23.5 Å². The number of aryl methyl sites for hydroxylation is 1. The van der Waals surface area contributed by atoms with E-state index >= 15 is 0 Å². The van der Waals surface area contributed by atoms with Crippen molar-refractivity contribution in [3.05, 3.63) is 44.9 Å². The van der Waals surface area contributed by atoms with Crippen LogP contribution >= 0.6 is 22.7 Å². The Balaban J connectivity index is 1.58. The Labute approximate surface area is 203 Å². The van der Waals surface area contributed by atoms with Crippen molar-refractivity contribution in [3.63, 3.8) is 0 Å². The molecule has 0 amide bonds. The molecule has 3 aromatic rings. The fraction of sp³-hybridized carbons (Fsp3) is 0.478. The zero-order valence-corrected chi connectivity index (χ0v) is 21.8. The molecular formula is C23H30N4O3S3. The van der Waals surface area contributed by atoms with E-state index in [4.69, 9.17) is 19.8 Å². The van der Waals surface area contributed by atoms with Crippen LogP contribution in [0.15, 0.2) is 28.5 Å². The largest absolute Gasteiger partial charge is 0.491 e. The lowest BCUT2D eigenvalue weighted by Gasteiger charge is -2.27. The summed E-state index contributed by atoms with van der Waals surface area (Å²) in [6, 6.07) is 4.74. The van der Waals surface area contributed by atoms with Gasteiger partial charge in [0.1, 0.15) is 5.75 Å². The number of piperidine rings is 1. The van der Waals surface area contributed by atoms with E-state index in [1.54, 1.807) is 34.8 Å². The minimum atomic E-state index is -3.80. The summed E-state index contributed by atoms with van der Waals surface area (Å²) in [4.78, 5) is 13.3. The second-order valence-corrected chi connectivity index (χ2v) is 12.4. The van der Waals surface area contributed by atoms with Gasteiger partial charge in [0.2, 0.25) is 10.0 Å². The Kier molecular flexibility index (Phi) is 7.20. The van der Waals surface area contributed by atoms with Crippen LogP contribution in [0, 0.1) is 6.92 Å². The van der Waals surface area contributed by atoms with Crippen LogP contribution in [0.1, 0.15) is 53.9 Å². The van der Waals surface area contributed by atoms with Crippen LogP contribution in [0.4, 0.5) is 0 Å². The van der Waals surface area contributed by atoms with Crippen LogP contribution in [0.25, 0.3) is 10.6 Å². The molecule has 1 aliphatic rings. The molecule has 7 nitrogen and oxygen atoms in total. The summed E-state index contributed by atoms with van der Waals surface area (Å²) in [5, 5.41) is 9.50. The summed E-state index contributed by atoms with van der Waals surface area (Å²) in [6.07, 6.45) is 2.72. The van der Waals surface area contributed by atoms with Gasteiger partial charge >= 0.3 is 0 Å². The van der Waals surface area contributed by atoms with Crippen LogP contribution in [0.2, 0.25) is 0 Å². The Hall–Kier alpha value is -1.85. The third-order valence-electron chi connectivity index (χ3n) is 5.73. The fourth-order valence-corrected chi connectivity index (χ4v) is 6.63. The lowest BCUT2D eigenvalue weighted by Crippen LogP contribution is -2.29. The summed E-state index contributed by atoms with van der Waals surface area (Å²) < 4.78 is 29.6. The van der Waals surface area contributed by atoms with E-state index in [9.17, 15) is 8.42 Å². The maximum atomic E-state index is 11.9. The molecule has 0 radical (unpaired) electrons. The number of nitrogens with two attached hydrogens (primary N) is 1. The van der Waals surface area contributed by atoms with E-state index in [0.717, 1.165) is 52.8 Å². The second-order valence-electron chi connectivity index (χ2n) is 8.83. The Morgan fingerprint density at radius 1 is 1.24 bits per heavy atom. The average Bonchev–Trinajstić information content (AvgIpc) is 3.35. The summed E-state index contributed by atoms with van der Waals surface area (Å²) in [5.41, 5.74) is 2.70. The molecule has 0 atom stereocenters. The number of nitrogens with zero attached hydrogens (tertiary/aromatic N) is 3. The van der Waals surface area contributed by atoms with Gasteiger partial charge in [-0.15, -0.1) is 22.7 Å². The van der Waals surface area contributed by atoms with Crippen molar-refractivity contribution in [3.8, 4) is 16.3 Å². The first-order valence-corrected chi connectivity index (χ1v) is 14.3. The molecule has 1 saturated heterocycles. The van der Waals surface area contributed by atoms with E-state index < -0.39 is 10.0 Å². The third-order valence-corrected chi connectivity index (χ3v) is 8.83. The molecule has 0 spiro atoms. The van der Waals surface area contributed by atoms with E-state index in [-0.39, 0.29) is 11.0 Å². The van der Waals surface area contributed by atoms with Crippen LogP contribution in [-0.2, 0) is 16.4 Å². The number of rotatable bonds is 7. The Bertz CT molecular complexity index is 1230. The highest BCUT2D eigenvalue weighted by Crippen LogP contribution is 2.38. The Morgan fingerprint density at radius 3 is 2.64 bits per heavy atom. The standard InChI is InChI=1S/C23H30N4O3S3/c1-14(2)30-20-6-5-18(33(24,28)29)11-17(20)12-21-26-19(13-31-21)22-15(3)25-23(32-22)16-7-9-27(4)10-8-16/h5-6,11,13-14,16H,7-10,12H2,1-4H3,(H2,24,28,29). The van der Waals surface area contributed by atoms with Gasteiger partial charge in [-0.1, -0.05) is 0 Å². The van der Waals surface area contributed by atoms with Gasteiger partial charge in [0.25, 0.3) is 0 Å². The van der Waals surface area contributed by atoms with Gasteiger partial charge in [-0.05, 0) is 71.9 Å². The molecule has 0 bridgehead atoms. The molecule has 1 fully saturated rings. The normalized spacial score (nSPS) is 15.9. The first-order valence-electron chi connectivity index (χ1n) is 11.0. The monoisotopic (exact) mass is 506 g/mol. The molecule has 2 N–H and O–H groups in total. The van der Waals surface area contributed by atoms with E-state index in [1.807, 2.05) is 20.8 Å². The number of aromatic nitrogens is 2. The summed E-state index contributed by atoms with van der Waals surface area (Å²) >= 11 is 3.31. The van der Waals surface area contributed by atoms with Crippen LogP contribution in [-0.4, -0.2) is 49.5 Å². The number of ether oxygens (including phenoxy) is 1. The molecule has 1 aliphatic heterocycles. The molecule has 0 unspecified atom stereocenters. The number of hydrogen-bond acceptors (Lipinski definition) is 8. The molecule has 0 saturated carbocycles. The van der Waals surface area contributed by atoms with Gasteiger partial charge in [-0.2, -0.15) is 0 Å². The van der Waals surface area contributed by atoms with Crippen molar-refractivity contribution in [1.82, 2.24) is 14.9 Å². The average molecular weight is 507 g/mol. The lowest BCUT2D eigenvalue weighted by molar-refractivity contribution is 0.240. The zero-order valence-electron chi connectivity index (χ0n) is 19.4. The smallest absolute Gasteiger partial charge is 0.238 e.